The fourth-order valence-electron chi connectivity index (χ4n) is 2.89. The smallest absolute Gasteiger partial charge is 0.408 e. The molecule has 2 aromatic carbocycles. The van der Waals surface area contributed by atoms with Gasteiger partial charge in [-0.25, -0.2) is 4.79 Å². The monoisotopic (exact) mass is 411 g/mol. The molecule has 0 bridgehead atoms. The second-order valence-electron chi connectivity index (χ2n) is 7.14. The Morgan fingerprint density at radius 2 is 1.50 bits per heavy atom. The number of carbonyl (C=O) groups excluding carboxylic acids is 3. The number of alkyl carbamates (subject to hydrolysis) is 1. The zero-order valence-electron chi connectivity index (χ0n) is 17.2. The van der Waals surface area contributed by atoms with Crippen LogP contribution in [0.25, 0.3) is 0 Å². The second-order valence-corrected chi connectivity index (χ2v) is 7.14. The Hall–Kier alpha value is -3.35. The van der Waals surface area contributed by atoms with Crippen LogP contribution in [-0.4, -0.2) is 30.1 Å². The van der Waals surface area contributed by atoms with Crippen LogP contribution in [0.2, 0.25) is 0 Å². The van der Waals surface area contributed by atoms with E-state index in [4.69, 9.17) is 4.74 Å². The van der Waals surface area contributed by atoms with Crippen molar-refractivity contribution in [3.63, 3.8) is 0 Å². The predicted molar refractivity (Wildman–Crippen MR) is 110 cm³/mol. The Morgan fingerprint density at radius 3 is 2.03 bits per heavy atom. The molecular weight excluding hydrogens is 384 g/mol. The lowest BCUT2D eigenvalue weighted by molar-refractivity contribution is -0.309. The van der Waals surface area contributed by atoms with E-state index in [1.165, 1.54) is 0 Å². The lowest BCUT2D eigenvalue weighted by Crippen LogP contribution is -2.57. The minimum absolute atomic E-state index is 0.0564. The number of ether oxygens (including phenoxy) is 1. The third-order valence-corrected chi connectivity index (χ3v) is 4.87. The van der Waals surface area contributed by atoms with Crippen molar-refractivity contribution in [2.75, 3.05) is 0 Å². The minimum atomic E-state index is -1.36. The first-order valence-corrected chi connectivity index (χ1v) is 9.93. The van der Waals surface area contributed by atoms with Crippen molar-refractivity contribution >= 4 is 18.0 Å². The molecule has 0 heterocycles. The number of hydrogen-bond acceptors (Lipinski definition) is 5. The lowest BCUT2D eigenvalue weighted by atomic mass is 9.98. The molecule has 2 N–H and O–H groups in total. The van der Waals surface area contributed by atoms with Crippen LogP contribution in [0.5, 0.6) is 0 Å². The zero-order valence-corrected chi connectivity index (χ0v) is 17.2. The van der Waals surface area contributed by atoms with E-state index >= 15 is 0 Å². The normalized spacial score (nSPS) is 13.5. The molecular formula is C23H27N2O5-. The molecule has 160 valence electrons. The van der Waals surface area contributed by atoms with Gasteiger partial charge in [0.15, 0.2) is 0 Å². The first-order valence-electron chi connectivity index (χ1n) is 9.93. The summed E-state index contributed by atoms with van der Waals surface area (Å²) in [4.78, 5) is 36.6. The molecule has 0 saturated carbocycles. The van der Waals surface area contributed by atoms with Crippen molar-refractivity contribution in [2.45, 2.75) is 45.4 Å². The van der Waals surface area contributed by atoms with Gasteiger partial charge in [-0.2, -0.15) is 0 Å². The Balaban J connectivity index is 2.08. The van der Waals surface area contributed by atoms with E-state index in [0.717, 1.165) is 11.1 Å². The van der Waals surface area contributed by atoms with Crippen molar-refractivity contribution in [3.8, 4) is 0 Å². The Labute approximate surface area is 176 Å². The second kappa shape index (κ2) is 11.6. The average molecular weight is 411 g/mol. The van der Waals surface area contributed by atoms with Crippen molar-refractivity contribution in [2.24, 2.45) is 5.92 Å². The van der Waals surface area contributed by atoms with Gasteiger partial charge in [-0.1, -0.05) is 80.9 Å². The number of carboxylic acids is 1. The standard InChI is InChI=1S/C23H28N2O5/c1-3-16(2)20(22(27)28)25-21(26)19(14-17-10-6-4-7-11-17)24-23(29)30-15-18-12-8-5-9-13-18/h4-13,16,19-20H,3,14-15H2,1-2H3,(H,24,29)(H,25,26)(H,27,28)/p-1/t16-,19-,20-/m0/s1. The predicted octanol–water partition coefficient (Wildman–Crippen LogP) is 1.80. The maximum absolute atomic E-state index is 12.8. The van der Waals surface area contributed by atoms with Gasteiger partial charge in [-0.15, -0.1) is 0 Å². The first-order chi connectivity index (χ1) is 14.4. The molecule has 0 unspecified atom stereocenters. The van der Waals surface area contributed by atoms with E-state index < -0.39 is 30.1 Å². The van der Waals surface area contributed by atoms with Crippen LogP contribution in [-0.2, 0) is 27.4 Å². The molecule has 0 fully saturated rings. The van der Waals surface area contributed by atoms with Gasteiger partial charge in [0.05, 0.1) is 12.0 Å². The molecule has 0 aliphatic heterocycles. The molecule has 0 aliphatic rings. The molecule has 7 heteroatoms. The van der Waals surface area contributed by atoms with Gasteiger partial charge in [0.2, 0.25) is 5.91 Å². The number of hydrogen-bond donors (Lipinski definition) is 2. The molecule has 30 heavy (non-hydrogen) atoms. The van der Waals surface area contributed by atoms with Gasteiger partial charge in [-0.3, -0.25) is 4.79 Å². The van der Waals surface area contributed by atoms with Crippen LogP contribution in [0.1, 0.15) is 31.4 Å². The molecule has 3 atom stereocenters. The summed E-state index contributed by atoms with van der Waals surface area (Å²) in [6, 6.07) is 16.1. The molecule has 0 aromatic heterocycles. The molecule has 0 spiro atoms. The molecule has 2 amide bonds. The van der Waals surface area contributed by atoms with Gasteiger partial charge < -0.3 is 25.3 Å². The van der Waals surface area contributed by atoms with Gasteiger partial charge in [0.1, 0.15) is 12.6 Å². The highest BCUT2D eigenvalue weighted by atomic mass is 16.5. The molecule has 0 saturated heterocycles. The molecule has 0 aliphatic carbocycles. The Morgan fingerprint density at radius 1 is 0.933 bits per heavy atom. The number of amides is 2. The van der Waals surface area contributed by atoms with Gasteiger partial charge in [0.25, 0.3) is 0 Å². The minimum Gasteiger partial charge on any atom is -0.548 e. The summed E-state index contributed by atoms with van der Waals surface area (Å²) >= 11 is 0. The topological polar surface area (TPSA) is 108 Å². The van der Waals surface area contributed by atoms with E-state index in [2.05, 4.69) is 10.6 Å². The van der Waals surface area contributed by atoms with Gasteiger partial charge in [-0.05, 0) is 17.0 Å². The third-order valence-electron chi connectivity index (χ3n) is 4.87. The Bertz CT molecular complexity index is 826. The maximum atomic E-state index is 12.8. The van der Waals surface area contributed by atoms with E-state index in [-0.39, 0.29) is 18.9 Å². The van der Waals surface area contributed by atoms with Crippen LogP contribution >= 0.6 is 0 Å². The van der Waals surface area contributed by atoms with Crippen LogP contribution in [0.3, 0.4) is 0 Å². The van der Waals surface area contributed by atoms with E-state index in [1.807, 2.05) is 67.6 Å². The number of benzene rings is 2. The maximum Gasteiger partial charge on any atom is 0.408 e. The molecule has 0 radical (unpaired) electrons. The average Bonchev–Trinajstić information content (AvgIpc) is 2.76. The number of carboxylic acid groups (broad SMARTS) is 1. The summed E-state index contributed by atoms with van der Waals surface area (Å²) in [6.07, 6.45) is -0.0224. The van der Waals surface area contributed by atoms with Crippen molar-refractivity contribution in [1.29, 1.82) is 0 Å². The van der Waals surface area contributed by atoms with Crippen molar-refractivity contribution < 1.29 is 24.2 Å². The first kappa shape index (κ1) is 22.9. The molecule has 2 aromatic rings. The summed E-state index contributed by atoms with van der Waals surface area (Å²) in [6.45, 7) is 3.60. The number of rotatable bonds is 10. The lowest BCUT2D eigenvalue weighted by Gasteiger charge is -2.27. The molecule has 7 nitrogen and oxygen atoms in total. The summed E-state index contributed by atoms with van der Waals surface area (Å²) in [5.74, 6) is -2.28. The summed E-state index contributed by atoms with van der Waals surface area (Å²) in [5, 5.41) is 16.5. The van der Waals surface area contributed by atoms with Gasteiger partial charge >= 0.3 is 6.09 Å². The summed E-state index contributed by atoms with van der Waals surface area (Å²) < 4.78 is 5.21. The highest BCUT2D eigenvalue weighted by Gasteiger charge is 2.27. The van der Waals surface area contributed by atoms with E-state index in [9.17, 15) is 19.5 Å². The van der Waals surface area contributed by atoms with Crippen LogP contribution in [0.15, 0.2) is 60.7 Å². The summed E-state index contributed by atoms with van der Waals surface area (Å²) in [5.41, 5.74) is 1.63. The quantitative estimate of drug-likeness (QED) is 0.620. The van der Waals surface area contributed by atoms with Crippen LogP contribution in [0.4, 0.5) is 4.79 Å². The third kappa shape index (κ3) is 7.24. The fraction of sp³-hybridized carbons (Fsp3) is 0.348. The Kier molecular flexibility index (Phi) is 8.87. The highest BCUT2D eigenvalue weighted by molar-refractivity contribution is 5.89. The van der Waals surface area contributed by atoms with E-state index in [1.54, 1.807) is 6.92 Å². The molecule has 2 rings (SSSR count). The van der Waals surface area contributed by atoms with Gasteiger partial charge in [0, 0.05) is 6.42 Å². The zero-order chi connectivity index (χ0) is 21.9. The fourth-order valence-corrected chi connectivity index (χ4v) is 2.89. The largest absolute Gasteiger partial charge is 0.548 e. The van der Waals surface area contributed by atoms with Crippen molar-refractivity contribution in [3.05, 3.63) is 71.8 Å². The number of carbonyl (C=O) groups is 3. The van der Waals surface area contributed by atoms with E-state index in [0.29, 0.717) is 6.42 Å². The van der Waals surface area contributed by atoms with Crippen LogP contribution in [0, 0.1) is 5.92 Å². The van der Waals surface area contributed by atoms with Crippen molar-refractivity contribution in [1.82, 2.24) is 10.6 Å². The van der Waals surface area contributed by atoms with Crippen LogP contribution < -0.4 is 15.7 Å². The number of aliphatic carboxylic acids is 1. The SMILES string of the molecule is CC[C@H](C)[C@H](NC(=O)[C@H](Cc1ccccc1)NC(=O)OCc1ccccc1)C(=O)[O-]. The number of nitrogens with one attached hydrogen (secondary N) is 2. The summed E-state index contributed by atoms with van der Waals surface area (Å²) in [7, 11) is 0. The highest BCUT2D eigenvalue weighted by Crippen LogP contribution is 2.09.